The summed E-state index contributed by atoms with van der Waals surface area (Å²) in [6, 6.07) is 1.74. The summed E-state index contributed by atoms with van der Waals surface area (Å²) in [4.78, 5) is 16.7. The van der Waals surface area contributed by atoms with Gasteiger partial charge in [-0.15, -0.1) is 0 Å². The third-order valence-electron chi connectivity index (χ3n) is 4.48. The molecule has 4 N–H and O–H groups in total. The zero-order valence-electron chi connectivity index (χ0n) is 12.3. The summed E-state index contributed by atoms with van der Waals surface area (Å²) in [7, 11) is 0. The predicted octanol–water partition coefficient (Wildman–Crippen LogP) is -1.03. The number of hydrogen-bond acceptors (Lipinski definition) is 7. The number of anilines is 1. The van der Waals surface area contributed by atoms with Crippen LogP contribution < -0.4 is 10.9 Å². The van der Waals surface area contributed by atoms with Crippen LogP contribution in [0, 0.1) is 0 Å². The van der Waals surface area contributed by atoms with E-state index >= 15 is 0 Å². The van der Waals surface area contributed by atoms with Crippen molar-refractivity contribution in [3.05, 3.63) is 22.7 Å². The SMILES string of the molecule is O=c1c2ncn([C@H]3C[C@H](O)[C@@H](CO)O3)c2cc2n1CC[C@@H](O)N2. The van der Waals surface area contributed by atoms with Crippen LogP contribution in [0.1, 0.15) is 19.1 Å². The van der Waals surface area contributed by atoms with Crippen LogP contribution in [0.4, 0.5) is 5.82 Å². The molecule has 9 nitrogen and oxygen atoms in total. The van der Waals surface area contributed by atoms with Gasteiger partial charge in [-0.1, -0.05) is 0 Å². The lowest BCUT2D eigenvalue weighted by Gasteiger charge is -2.24. The Morgan fingerprint density at radius 1 is 1.43 bits per heavy atom. The molecule has 124 valence electrons. The van der Waals surface area contributed by atoms with Crippen LogP contribution in [0.3, 0.4) is 0 Å². The first-order chi connectivity index (χ1) is 11.1. The second kappa shape index (κ2) is 5.31. The van der Waals surface area contributed by atoms with E-state index in [1.54, 1.807) is 15.2 Å². The van der Waals surface area contributed by atoms with E-state index in [1.807, 2.05) is 0 Å². The maximum Gasteiger partial charge on any atom is 0.280 e. The van der Waals surface area contributed by atoms with Crippen LogP contribution in [0.15, 0.2) is 17.2 Å². The van der Waals surface area contributed by atoms with E-state index in [0.717, 1.165) is 0 Å². The smallest absolute Gasteiger partial charge is 0.280 e. The molecule has 0 bridgehead atoms. The van der Waals surface area contributed by atoms with Crippen LogP contribution >= 0.6 is 0 Å². The Hall–Kier alpha value is -1.94. The topological polar surface area (TPSA) is 122 Å². The van der Waals surface area contributed by atoms with Gasteiger partial charge in [-0.25, -0.2) is 4.98 Å². The van der Waals surface area contributed by atoms with Crippen molar-refractivity contribution >= 4 is 16.9 Å². The van der Waals surface area contributed by atoms with Crippen molar-refractivity contribution in [3.8, 4) is 0 Å². The van der Waals surface area contributed by atoms with Crippen molar-refractivity contribution in [2.45, 2.75) is 44.1 Å². The molecule has 2 aromatic heterocycles. The lowest BCUT2D eigenvalue weighted by molar-refractivity contribution is -0.0430. The first-order valence-electron chi connectivity index (χ1n) is 7.58. The molecule has 0 aromatic carbocycles. The molecule has 0 aliphatic carbocycles. The van der Waals surface area contributed by atoms with Crippen LogP contribution in [0.2, 0.25) is 0 Å². The number of nitrogens with zero attached hydrogens (tertiary/aromatic N) is 3. The van der Waals surface area contributed by atoms with Crippen molar-refractivity contribution in [2.75, 3.05) is 11.9 Å². The van der Waals surface area contributed by atoms with E-state index in [2.05, 4.69) is 10.3 Å². The predicted molar refractivity (Wildman–Crippen MR) is 79.9 cm³/mol. The molecule has 2 aliphatic rings. The monoisotopic (exact) mass is 322 g/mol. The van der Waals surface area contributed by atoms with Crippen molar-refractivity contribution < 1.29 is 20.1 Å². The van der Waals surface area contributed by atoms with Gasteiger partial charge in [0.1, 0.15) is 24.4 Å². The maximum absolute atomic E-state index is 12.5. The molecule has 0 spiro atoms. The molecule has 9 heteroatoms. The second-order valence-corrected chi connectivity index (χ2v) is 5.94. The Kier molecular flexibility index (Phi) is 3.38. The van der Waals surface area contributed by atoms with Crippen molar-refractivity contribution in [1.82, 2.24) is 14.1 Å². The van der Waals surface area contributed by atoms with Gasteiger partial charge in [-0.3, -0.25) is 9.36 Å². The van der Waals surface area contributed by atoms with Crippen LogP contribution in [-0.2, 0) is 11.3 Å². The van der Waals surface area contributed by atoms with E-state index in [-0.39, 0.29) is 12.2 Å². The molecule has 0 saturated carbocycles. The molecule has 0 amide bonds. The normalized spacial score (nSPS) is 30.4. The molecule has 2 aromatic rings. The van der Waals surface area contributed by atoms with Gasteiger partial charge >= 0.3 is 0 Å². The lowest BCUT2D eigenvalue weighted by Crippen LogP contribution is -2.34. The summed E-state index contributed by atoms with van der Waals surface area (Å²) in [5, 5.41) is 31.7. The fraction of sp³-hybridized carbons (Fsp3) is 0.571. The van der Waals surface area contributed by atoms with Crippen LogP contribution in [0.5, 0.6) is 0 Å². The second-order valence-electron chi connectivity index (χ2n) is 5.94. The summed E-state index contributed by atoms with van der Waals surface area (Å²) in [6.45, 7) is 0.159. The number of rotatable bonds is 2. The summed E-state index contributed by atoms with van der Waals surface area (Å²) in [6.07, 6.45) is -0.321. The minimum Gasteiger partial charge on any atom is -0.394 e. The molecule has 2 aliphatic heterocycles. The van der Waals surface area contributed by atoms with Gasteiger partial charge in [-0.05, 0) is 0 Å². The van der Waals surface area contributed by atoms with E-state index in [1.165, 1.54) is 6.33 Å². The van der Waals surface area contributed by atoms with Crippen molar-refractivity contribution in [1.29, 1.82) is 0 Å². The Bertz CT molecular complexity index is 800. The highest BCUT2D eigenvalue weighted by molar-refractivity contribution is 5.77. The van der Waals surface area contributed by atoms with Gasteiger partial charge in [0.15, 0.2) is 5.52 Å². The van der Waals surface area contributed by atoms with Crippen LogP contribution in [0.25, 0.3) is 11.0 Å². The summed E-state index contributed by atoms with van der Waals surface area (Å²) in [5.74, 6) is 0.528. The standard InChI is InChI=1S/C14H18N4O5/c19-5-9-8(20)4-12(23-9)18-6-15-13-7(18)3-10-16-11(21)1-2-17(10)14(13)22/h3,6,8-9,11-12,16,19-21H,1-2,4-5H2/t8-,9+,11+,12+/m0/s1. The van der Waals surface area contributed by atoms with E-state index < -0.39 is 24.7 Å². The molecular formula is C14H18N4O5. The van der Waals surface area contributed by atoms with Crippen molar-refractivity contribution in [2.24, 2.45) is 0 Å². The summed E-state index contributed by atoms with van der Waals surface area (Å²) >= 11 is 0. The van der Waals surface area contributed by atoms with Gasteiger partial charge in [0, 0.05) is 25.5 Å². The number of aliphatic hydroxyl groups is 3. The molecule has 23 heavy (non-hydrogen) atoms. The van der Waals surface area contributed by atoms with Gasteiger partial charge in [0.05, 0.1) is 24.6 Å². The highest BCUT2D eigenvalue weighted by Crippen LogP contribution is 2.31. The third-order valence-corrected chi connectivity index (χ3v) is 4.48. The maximum atomic E-state index is 12.5. The number of ether oxygens (including phenoxy) is 1. The fourth-order valence-corrected chi connectivity index (χ4v) is 3.24. The number of fused-ring (bicyclic) bond motifs is 2. The average Bonchev–Trinajstić information content (AvgIpc) is 3.10. The first kappa shape index (κ1) is 14.6. The number of nitrogens with one attached hydrogen (secondary N) is 1. The number of aliphatic hydroxyl groups excluding tert-OH is 3. The molecule has 4 atom stereocenters. The van der Waals surface area contributed by atoms with E-state index in [0.29, 0.717) is 36.2 Å². The molecule has 4 heterocycles. The molecule has 0 unspecified atom stereocenters. The quantitative estimate of drug-likeness (QED) is 0.558. The highest BCUT2D eigenvalue weighted by atomic mass is 16.5. The number of hydrogen-bond donors (Lipinski definition) is 4. The minimum absolute atomic E-state index is 0.229. The van der Waals surface area contributed by atoms with E-state index in [4.69, 9.17) is 4.74 Å². The Balaban J connectivity index is 1.79. The molecule has 1 saturated heterocycles. The minimum atomic E-state index is -0.763. The zero-order valence-corrected chi connectivity index (χ0v) is 12.3. The largest absolute Gasteiger partial charge is 0.394 e. The van der Waals surface area contributed by atoms with Gasteiger partial charge < -0.3 is 29.9 Å². The van der Waals surface area contributed by atoms with Crippen LogP contribution in [-0.4, -0.2) is 54.5 Å². The molecule has 4 rings (SSSR count). The average molecular weight is 322 g/mol. The van der Waals surface area contributed by atoms with Gasteiger partial charge in [0.25, 0.3) is 5.56 Å². The zero-order chi connectivity index (χ0) is 16.1. The Morgan fingerprint density at radius 3 is 3.00 bits per heavy atom. The molecule has 1 fully saturated rings. The number of aromatic nitrogens is 3. The summed E-state index contributed by atoms with van der Waals surface area (Å²) in [5.41, 5.74) is 0.657. The third kappa shape index (κ3) is 2.24. The molecular weight excluding hydrogens is 304 g/mol. The fourth-order valence-electron chi connectivity index (χ4n) is 3.24. The van der Waals surface area contributed by atoms with E-state index in [9.17, 15) is 20.1 Å². The summed E-state index contributed by atoms with van der Waals surface area (Å²) < 4.78 is 8.85. The first-order valence-corrected chi connectivity index (χ1v) is 7.58. The van der Waals surface area contributed by atoms with Gasteiger partial charge in [-0.2, -0.15) is 0 Å². The highest BCUT2D eigenvalue weighted by Gasteiger charge is 2.35. The Morgan fingerprint density at radius 2 is 2.26 bits per heavy atom. The van der Waals surface area contributed by atoms with Crippen molar-refractivity contribution in [3.63, 3.8) is 0 Å². The Labute approximate surface area is 130 Å². The van der Waals surface area contributed by atoms with Gasteiger partial charge in [0.2, 0.25) is 0 Å². The number of imidazole rings is 1. The molecule has 0 radical (unpaired) electrons. The number of pyridine rings is 1. The lowest BCUT2D eigenvalue weighted by atomic mass is 10.2.